The van der Waals surface area contributed by atoms with Crippen molar-refractivity contribution in [1.82, 2.24) is 24.4 Å². The lowest BCUT2D eigenvalue weighted by atomic mass is 10.1. The smallest absolute Gasteiger partial charge is 0.231 e. The van der Waals surface area contributed by atoms with Gasteiger partial charge in [-0.15, -0.1) is 0 Å². The van der Waals surface area contributed by atoms with Crippen LogP contribution < -0.4 is 14.4 Å². The van der Waals surface area contributed by atoms with Crippen LogP contribution in [0.25, 0.3) is 11.2 Å². The van der Waals surface area contributed by atoms with E-state index in [0.29, 0.717) is 13.3 Å². The zero-order valence-electron chi connectivity index (χ0n) is 15.5. The first-order valence-corrected chi connectivity index (χ1v) is 9.44. The Hall–Kier alpha value is -2.91. The van der Waals surface area contributed by atoms with E-state index in [2.05, 4.69) is 36.9 Å². The molecule has 0 atom stereocenters. The van der Waals surface area contributed by atoms with Gasteiger partial charge >= 0.3 is 0 Å². The van der Waals surface area contributed by atoms with Gasteiger partial charge in [0, 0.05) is 39.3 Å². The minimum absolute atomic E-state index is 0.0589. The number of piperazine rings is 1. The molecule has 3 aromatic rings. The Bertz CT molecular complexity index is 983. The number of hydrogen-bond donors (Lipinski definition) is 1. The molecular formula is C19H22N6O3. The summed E-state index contributed by atoms with van der Waals surface area (Å²) in [6.45, 7) is 5.37. The molecule has 1 N–H and O–H groups in total. The van der Waals surface area contributed by atoms with Gasteiger partial charge in [0.2, 0.25) is 6.79 Å². The molecule has 146 valence electrons. The molecule has 9 nitrogen and oxygen atoms in total. The van der Waals surface area contributed by atoms with Gasteiger partial charge in [-0.2, -0.15) is 0 Å². The number of benzene rings is 1. The van der Waals surface area contributed by atoms with Gasteiger partial charge in [-0.05, 0) is 17.7 Å². The number of aliphatic hydroxyl groups is 1. The van der Waals surface area contributed by atoms with Crippen LogP contribution in [0, 0.1) is 0 Å². The van der Waals surface area contributed by atoms with Crippen molar-refractivity contribution < 1.29 is 14.6 Å². The third-order valence-corrected chi connectivity index (χ3v) is 5.24. The monoisotopic (exact) mass is 382 g/mol. The van der Waals surface area contributed by atoms with Crippen LogP contribution in [0.4, 0.5) is 5.82 Å². The molecule has 0 saturated carbocycles. The normalized spacial score (nSPS) is 16.8. The van der Waals surface area contributed by atoms with Crippen molar-refractivity contribution in [1.29, 1.82) is 0 Å². The molecule has 0 aliphatic carbocycles. The van der Waals surface area contributed by atoms with Gasteiger partial charge in [-0.1, -0.05) is 6.07 Å². The number of aliphatic hydroxyl groups excluding tert-OH is 1. The Labute approximate surface area is 162 Å². The Balaban J connectivity index is 1.27. The second-order valence-electron chi connectivity index (χ2n) is 6.98. The van der Waals surface area contributed by atoms with E-state index < -0.39 is 0 Å². The maximum Gasteiger partial charge on any atom is 0.231 e. The highest BCUT2D eigenvalue weighted by atomic mass is 16.7. The number of ether oxygens (including phenoxy) is 2. The minimum atomic E-state index is 0.0589. The van der Waals surface area contributed by atoms with E-state index in [9.17, 15) is 5.11 Å². The zero-order valence-corrected chi connectivity index (χ0v) is 15.5. The molecule has 0 unspecified atom stereocenters. The molecule has 1 saturated heterocycles. The SMILES string of the molecule is OCCn1cnc2c(N3CCN(Cc4ccc5c(c4)OCO5)CC3)ncnc21. The lowest BCUT2D eigenvalue weighted by Gasteiger charge is -2.35. The van der Waals surface area contributed by atoms with Gasteiger partial charge < -0.3 is 24.0 Å². The maximum absolute atomic E-state index is 9.19. The summed E-state index contributed by atoms with van der Waals surface area (Å²) in [7, 11) is 0. The molecule has 0 radical (unpaired) electrons. The van der Waals surface area contributed by atoms with Crippen LogP contribution in [0.3, 0.4) is 0 Å². The summed E-state index contributed by atoms with van der Waals surface area (Å²) in [6.07, 6.45) is 3.29. The Kier molecular flexibility index (Phi) is 4.46. The first kappa shape index (κ1) is 17.2. The Morgan fingerprint density at radius 3 is 2.71 bits per heavy atom. The van der Waals surface area contributed by atoms with E-state index in [4.69, 9.17) is 9.47 Å². The second kappa shape index (κ2) is 7.25. The lowest BCUT2D eigenvalue weighted by Crippen LogP contribution is -2.46. The molecule has 2 aromatic heterocycles. The molecule has 2 aliphatic heterocycles. The summed E-state index contributed by atoms with van der Waals surface area (Å²) in [5.41, 5.74) is 2.78. The van der Waals surface area contributed by atoms with Gasteiger partial charge in [0.1, 0.15) is 6.33 Å². The van der Waals surface area contributed by atoms with E-state index in [1.807, 2.05) is 10.6 Å². The van der Waals surface area contributed by atoms with Crippen molar-refractivity contribution in [3.8, 4) is 11.5 Å². The van der Waals surface area contributed by atoms with Crippen LogP contribution in [0.1, 0.15) is 5.56 Å². The summed E-state index contributed by atoms with van der Waals surface area (Å²) in [6, 6.07) is 6.15. The van der Waals surface area contributed by atoms with Crippen molar-refractivity contribution >= 4 is 17.0 Å². The molecule has 4 heterocycles. The number of anilines is 1. The topological polar surface area (TPSA) is 88.8 Å². The number of nitrogens with zero attached hydrogens (tertiary/aromatic N) is 6. The van der Waals surface area contributed by atoms with Crippen molar-refractivity contribution in [3.05, 3.63) is 36.4 Å². The number of fused-ring (bicyclic) bond motifs is 2. The van der Waals surface area contributed by atoms with Gasteiger partial charge in [-0.25, -0.2) is 15.0 Å². The first-order valence-electron chi connectivity index (χ1n) is 9.44. The summed E-state index contributed by atoms with van der Waals surface area (Å²) in [4.78, 5) is 18.0. The largest absolute Gasteiger partial charge is 0.454 e. The zero-order chi connectivity index (χ0) is 18.9. The van der Waals surface area contributed by atoms with Gasteiger partial charge in [0.15, 0.2) is 28.5 Å². The molecule has 5 rings (SSSR count). The third kappa shape index (κ3) is 3.12. The second-order valence-corrected chi connectivity index (χ2v) is 6.98. The molecule has 1 aromatic carbocycles. The predicted octanol–water partition coefficient (Wildman–Crippen LogP) is 0.869. The summed E-state index contributed by atoms with van der Waals surface area (Å²) < 4.78 is 12.7. The Morgan fingerprint density at radius 1 is 1.00 bits per heavy atom. The molecule has 2 aliphatic rings. The van der Waals surface area contributed by atoms with E-state index in [-0.39, 0.29) is 6.61 Å². The van der Waals surface area contributed by atoms with Crippen LogP contribution in [0.15, 0.2) is 30.9 Å². The summed E-state index contributed by atoms with van der Waals surface area (Å²) in [5, 5.41) is 9.19. The van der Waals surface area contributed by atoms with E-state index in [0.717, 1.165) is 61.2 Å². The van der Waals surface area contributed by atoms with Crippen molar-refractivity contribution in [2.24, 2.45) is 0 Å². The summed E-state index contributed by atoms with van der Waals surface area (Å²) in [5.74, 6) is 2.52. The third-order valence-electron chi connectivity index (χ3n) is 5.24. The minimum Gasteiger partial charge on any atom is -0.454 e. The average molecular weight is 382 g/mol. The fourth-order valence-electron chi connectivity index (χ4n) is 3.79. The number of aromatic nitrogens is 4. The van der Waals surface area contributed by atoms with Crippen molar-refractivity contribution in [3.63, 3.8) is 0 Å². The fraction of sp³-hybridized carbons (Fsp3) is 0.421. The van der Waals surface area contributed by atoms with E-state index in [1.165, 1.54) is 5.56 Å². The quantitative estimate of drug-likeness (QED) is 0.695. The number of imidazole rings is 1. The molecule has 1 fully saturated rings. The average Bonchev–Trinajstić information content (AvgIpc) is 3.36. The summed E-state index contributed by atoms with van der Waals surface area (Å²) >= 11 is 0. The predicted molar refractivity (Wildman–Crippen MR) is 102 cm³/mol. The van der Waals surface area contributed by atoms with Crippen LogP contribution >= 0.6 is 0 Å². The standard InChI is InChI=1S/C19H22N6O3/c26-8-7-25-12-22-17-18(20-11-21-19(17)25)24-5-3-23(4-6-24)10-14-1-2-15-16(9-14)28-13-27-15/h1-2,9,11-12,26H,3-8,10,13H2. The van der Waals surface area contributed by atoms with Crippen LogP contribution in [0.2, 0.25) is 0 Å². The Morgan fingerprint density at radius 2 is 1.86 bits per heavy atom. The van der Waals surface area contributed by atoms with Crippen LogP contribution in [0.5, 0.6) is 11.5 Å². The fourth-order valence-corrected chi connectivity index (χ4v) is 3.79. The maximum atomic E-state index is 9.19. The van der Waals surface area contributed by atoms with Gasteiger partial charge in [0.05, 0.1) is 12.9 Å². The van der Waals surface area contributed by atoms with Gasteiger partial charge in [-0.3, -0.25) is 4.90 Å². The van der Waals surface area contributed by atoms with Crippen molar-refractivity contribution in [2.45, 2.75) is 13.1 Å². The molecule has 9 heteroatoms. The number of hydrogen-bond acceptors (Lipinski definition) is 8. The molecule has 0 bridgehead atoms. The molecule has 28 heavy (non-hydrogen) atoms. The highest BCUT2D eigenvalue weighted by Crippen LogP contribution is 2.33. The molecule has 0 spiro atoms. The van der Waals surface area contributed by atoms with Crippen LogP contribution in [-0.4, -0.2) is 69.1 Å². The molecular weight excluding hydrogens is 360 g/mol. The van der Waals surface area contributed by atoms with E-state index >= 15 is 0 Å². The highest BCUT2D eigenvalue weighted by molar-refractivity contribution is 5.83. The lowest BCUT2D eigenvalue weighted by molar-refractivity contribution is 0.174. The van der Waals surface area contributed by atoms with E-state index in [1.54, 1.807) is 12.7 Å². The first-order chi connectivity index (χ1) is 13.8. The highest BCUT2D eigenvalue weighted by Gasteiger charge is 2.22. The molecule has 0 amide bonds. The number of rotatable bonds is 5. The van der Waals surface area contributed by atoms with Crippen LogP contribution in [-0.2, 0) is 13.1 Å². The van der Waals surface area contributed by atoms with Crippen molar-refractivity contribution in [2.75, 3.05) is 44.5 Å². The van der Waals surface area contributed by atoms with Gasteiger partial charge in [0.25, 0.3) is 0 Å².